The minimum absolute atomic E-state index is 0.178. The second-order valence-electron chi connectivity index (χ2n) is 1.74. The second-order valence-corrected chi connectivity index (χ2v) is 2.61. The van der Waals surface area contributed by atoms with Crippen LogP contribution in [0.2, 0.25) is 0 Å². The zero-order chi connectivity index (χ0) is 8.69. The van der Waals surface area contributed by atoms with Crippen molar-refractivity contribution in [1.29, 1.82) is 0 Å². The number of rotatable bonds is 0. The van der Waals surface area contributed by atoms with Gasteiger partial charge >= 0.3 is 0 Å². The van der Waals surface area contributed by atoms with Gasteiger partial charge < -0.3 is 0 Å². The van der Waals surface area contributed by atoms with Gasteiger partial charge in [-0.25, -0.2) is 12.8 Å². The molecule has 0 aliphatic carbocycles. The Morgan fingerprint density at radius 3 is 1.73 bits per heavy atom. The van der Waals surface area contributed by atoms with Gasteiger partial charge in [-0.1, -0.05) is 18.2 Å². The van der Waals surface area contributed by atoms with E-state index in [9.17, 15) is 4.39 Å². The first-order valence-corrected chi connectivity index (χ1v) is 4.54. The molecular weight excluding hydrogens is 167 g/mol. The molecule has 0 aliphatic rings. The van der Waals surface area contributed by atoms with E-state index in [2.05, 4.69) is 0 Å². The first-order valence-electron chi connectivity index (χ1n) is 2.91. The quantitative estimate of drug-likeness (QED) is 0.599. The largest absolute Gasteiger partial charge is 0.232 e. The van der Waals surface area contributed by atoms with E-state index in [4.69, 9.17) is 8.42 Å². The molecular formula is C7H9FO2S. The summed E-state index contributed by atoms with van der Waals surface area (Å²) in [4.78, 5) is 0. The Balaban J connectivity index is 0.000000218. The van der Waals surface area contributed by atoms with Gasteiger partial charge in [0.1, 0.15) is 16.5 Å². The molecule has 0 atom stereocenters. The summed E-state index contributed by atoms with van der Waals surface area (Å²) >= 11 is 0. The topological polar surface area (TPSA) is 34.1 Å². The number of benzene rings is 1. The van der Waals surface area contributed by atoms with Crippen LogP contribution in [0.5, 0.6) is 0 Å². The Hall–Kier alpha value is -0.900. The highest BCUT2D eigenvalue weighted by Crippen LogP contribution is 1.91. The third-order valence-electron chi connectivity index (χ3n) is 0.733. The third kappa shape index (κ3) is 9.10. The monoisotopic (exact) mass is 176 g/mol. The van der Waals surface area contributed by atoms with Gasteiger partial charge in [-0.3, -0.25) is 0 Å². The molecule has 0 fully saturated rings. The molecule has 0 aromatic heterocycles. The highest BCUT2D eigenvalue weighted by atomic mass is 32.2. The maximum atomic E-state index is 11.9. The predicted octanol–water partition coefficient (Wildman–Crippen LogP) is 1.05. The number of hydrogen-bond donors (Lipinski definition) is 1. The highest BCUT2D eigenvalue weighted by molar-refractivity contribution is 7.71. The molecule has 11 heavy (non-hydrogen) atoms. The van der Waals surface area contributed by atoms with Crippen molar-refractivity contribution < 1.29 is 12.8 Å². The fourth-order valence-electron chi connectivity index (χ4n) is 0.415. The van der Waals surface area contributed by atoms with Crippen LogP contribution in [0.4, 0.5) is 4.39 Å². The van der Waals surface area contributed by atoms with Crippen molar-refractivity contribution >= 4 is 10.7 Å². The van der Waals surface area contributed by atoms with Crippen molar-refractivity contribution in [3.05, 3.63) is 36.1 Å². The van der Waals surface area contributed by atoms with Crippen molar-refractivity contribution in [2.75, 3.05) is 6.26 Å². The van der Waals surface area contributed by atoms with Crippen LogP contribution in [0, 0.1) is 5.82 Å². The predicted molar refractivity (Wildman–Crippen MR) is 42.6 cm³/mol. The first kappa shape index (κ1) is 10.1. The average Bonchev–Trinajstić information content (AvgIpc) is 1.87. The van der Waals surface area contributed by atoms with Crippen molar-refractivity contribution in [3.63, 3.8) is 0 Å². The van der Waals surface area contributed by atoms with E-state index in [1.165, 1.54) is 12.1 Å². The molecule has 0 saturated carbocycles. The van der Waals surface area contributed by atoms with Gasteiger partial charge in [0.2, 0.25) is 0 Å². The van der Waals surface area contributed by atoms with Gasteiger partial charge in [0.05, 0.1) is 0 Å². The van der Waals surface area contributed by atoms with Crippen LogP contribution < -0.4 is 0 Å². The average molecular weight is 176 g/mol. The van der Waals surface area contributed by atoms with Crippen LogP contribution in [-0.2, 0) is 10.7 Å². The molecule has 4 heteroatoms. The van der Waals surface area contributed by atoms with Gasteiger partial charge in [-0.05, 0) is 12.1 Å². The second kappa shape index (κ2) is 5.85. The van der Waals surface area contributed by atoms with E-state index in [0.29, 0.717) is 0 Å². The summed E-state index contributed by atoms with van der Waals surface area (Å²) in [5, 5.41) is 0. The maximum Gasteiger partial charge on any atom is 0.137 e. The molecule has 0 bridgehead atoms. The first-order chi connectivity index (χ1) is 5.13. The van der Waals surface area contributed by atoms with Crippen LogP contribution in [0.25, 0.3) is 0 Å². The van der Waals surface area contributed by atoms with E-state index >= 15 is 0 Å². The van der Waals surface area contributed by atoms with Gasteiger partial charge in [0.15, 0.2) is 0 Å². The third-order valence-corrected chi connectivity index (χ3v) is 0.733. The van der Waals surface area contributed by atoms with Gasteiger partial charge in [-0.2, -0.15) is 0 Å². The van der Waals surface area contributed by atoms with Crippen molar-refractivity contribution in [1.82, 2.24) is 0 Å². The molecule has 1 aromatic carbocycles. The van der Waals surface area contributed by atoms with E-state index in [-0.39, 0.29) is 5.82 Å². The Morgan fingerprint density at radius 1 is 1.18 bits per heavy atom. The summed E-state index contributed by atoms with van der Waals surface area (Å²) in [6, 6.07) is 7.94. The molecule has 0 N–H and O–H groups in total. The standard InChI is InChI=1S/C6H5F.CH4O2S/c7-6-4-2-1-3-5-6;1-4(2)3/h1-5H;4H,1H3. The molecule has 0 radical (unpaired) electrons. The van der Waals surface area contributed by atoms with Gasteiger partial charge in [0.25, 0.3) is 0 Å². The maximum absolute atomic E-state index is 11.9. The number of halogens is 1. The fraction of sp³-hybridized carbons (Fsp3) is 0.143. The van der Waals surface area contributed by atoms with E-state index in [0.717, 1.165) is 6.26 Å². The SMILES string of the molecule is C[SH](=O)=O.Fc1ccccc1. The van der Waals surface area contributed by atoms with Crippen LogP contribution in [0.3, 0.4) is 0 Å². The summed E-state index contributed by atoms with van der Waals surface area (Å²) in [5.41, 5.74) is 0. The van der Waals surface area contributed by atoms with Crippen LogP contribution in [0.15, 0.2) is 30.3 Å². The Kier molecular flexibility index (Phi) is 5.37. The van der Waals surface area contributed by atoms with Crippen LogP contribution >= 0.6 is 0 Å². The molecule has 62 valence electrons. The smallest absolute Gasteiger partial charge is 0.137 e. The zero-order valence-electron chi connectivity index (χ0n) is 6.03. The summed E-state index contributed by atoms with van der Waals surface area (Å²) in [5.74, 6) is -0.178. The minimum Gasteiger partial charge on any atom is -0.232 e. The summed E-state index contributed by atoms with van der Waals surface area (Å²) in [7, 11) is -2.12. The molecule has 2 nitrogen and oxygen atoms in total. The van der Waals surface area contributed by atoms with E-state index in [1.54, 1.807) is 18.2 Å². The van der Waals surface area contributed by atoms with Crippen LogP contribution in [0.1, 0.15) is 0 Å². The zero-order valence-corrected chi connectivity index (χ0v) is 6.92. The number of hydrogen-bond acceptors (Lipinski definition) is 2. The van der Waals surface area contributed by atoms with E-state index < -0.39 is 10.7 Å². The Labute approximate surface area is 66.6 Å². The Morgan fingerprint density at radius 2 is 1.55 bits per heavy atom. The lowest BCUT2D eigenvalue weighted by Gasteiger charge is -1.78. The van der Waals surface area contributed by atoms with Gasteiger partial charge in [-0.15, -0.1) is 0 Å². The summed E-state index contributed by atoms with van der Waals surface area (Å²) in [6.45, 7) is 0. The highest BCUT2D eigenvalue weighted by Gasteiger charge is 1.77. The minimum atomic E-state index is -2.12. The van der Waals surface area contributed by atoms with Crippen molar-refractivity contribution in [2.45, 2.75) is 0 Å². The molecule has 0 saturated heterocycles. The molecule has 0 spiro atoms. The fourth-order valence-corrected chi connectivity index (χ4v) is 0.415. The lowest BCUT2D eigenvalue weighted by Crippen LogP contribution is -1.63. The van der Waals surface area contributed by atoms with Crippen molar-refractivity contribution in [2.24, 2.45) is 0 Å². The summed E-state index contributed by atoms with van der Waals surface area (Å²) < 4.78 is 30.0. The molecule has 1 aromatic rings. The molecule has 0 unspecified atom stereocenters. The summed E-state index contributed by atoms with van der Waals surface area (Å²) in [6.07, 6.45) is 1.12. The lowest BCUT2D eigenvalue weighted by atomic mass is 10.4. The van der Waals surface area contributed by atoms with Crippen molar-refractivity contribution in [3.8, 4) is 0 Å². The molecule has 0 aliphatic heterocycles. The lowest BCUT2D eigenvalue weighted by molar-refractivity contribution is 0.619. The number of thiol groups is 1. The van der Waals surface area contributed by atoms with Crippen LogP contribution in [-0.4, -0.2) is 14.7 Å². The Bertz CT molecular complexity index is 248. The normalized spacial score (nSPS) is 8.64. The molecule has 1 rings (SSSR count). The molecule has 0 amide bonds. The van der Waals surface area contributed by atoms with Gasteiger partial charge in [0, 0.05) is 6.26 Å². The van der Waals surface area contributed by atoms with E-state index in [1.807, 2.05) is 0 Å². The molecule has 0 heterocycles.